The number of carbonyl (C=O) groups excluding carboxylic acids is 1. The number of hydrogen-bond acceptors (Lipinski definition) is 2. The first kappa shape index (κ1) is 14.0. The number of aromatic hydroxyl groups is 1. The molecule has 1 unspecified atom stereocenters. The van der Waals surface area contributed by atoms with Crippen LogP contribution in [0.1, 0.15) is 28.3 Å². The zero-order valence-corrected chi connectivity index (χ0v) is 12.3. The second kappa shape index (κ2) is 5.78. The molecule has 0 aliphatic carbocycles. The van der Waals surface area contributed by atoms with Gasteiger partial charge in [0, 0.05) is 19.0 Å². The minimum atomic E-state index is -0.116. The van der Waals surface area contributed by atoms with Gasteiger partial charge < -0.3 is 10.0 Å². The smallest absolute Gasteiger partial charge is 0.255 e. The zero-order valence-electron chi connectivity index (χ0n) is 11.5. The predicted octanol–water partition coefficient (Wildman–Crippen LogP) is 3.68. The van der Waals surface area contributed by atoms with Crippen molar-refractivity contribution >= 4 is 17.5 Å². The molecule has 0 bridgehead atoms. The Labute approximate surface area is 128 Å². The van der Waals surface area contributed by atoms with E-state index in [9.17, 15) is 9.90 Å². The fourth-order valence-corrected chi connectivity index (χ4v) is 2.99. The molecule has 3 rings (SSSR count). The van der Waals surface area contributed by atoms with Crippen LogP contribution < -0.4 is 0 Å². The van der Waals surface area contributed by atoms with Crippen molar-refractivity contribution in [2.24, 2.45) is 0 Å². The van der Waals surface area contributed by atoms with Gasteiger partial charge in [-0.1, -0.05) is 41.9 Å². The van der Waals surface area contributed by atoms with E-state index in [2.05, 4.69) is 12.1 Å². The van der Waals surface area contributed by atoms with Crippen LogP contribution in [0.2, 0.25) is 5.02 Å². The van der Waals surface area contributed by atoms with E-state index in [-0.39, 0.29) is 11.7 Å². The van der Waals surface area contributed by atoms with Crippen LogP contribution in [0.25, 0.3) is 0 Å². The van der Waals surface area contributed by atoms with Gasteiger partial charge in [0.1, 0.15) is 5.75 Å². The summed E-state index contributed by atoms with van der Waals surface area (Å²) in [6.07, 6.45) is 0.951. The molecule has 21 heavy (non-hydrogen) atoms. The van der Waals surface area contributed by atoms with Crippen LogP contribution in [0.3, 0.4) is 0 Å². The largest absolute Gasteiger partial charge is 0.508 e. The van der Waals surface area contributed by atoms with Gasteiger partial charge in [-0.2, -0.15) is 0 Å². The van der Waals surface area contributed by atoms with Crippen molar-refractivity contribution in [3.63, 3.8) is 0 Å². The Morgan fingerprint density at radius 1 is 1.19 bits per heavy atom. The first-order valence-electron chi connectivity index (χ1n) is 6.98. The summed E-state index contributed by atoms with van der Waals surface area (Å²) < 4.78 is 0. The van der Waals surface area contributed by atoms with Gasteiger partial charge in [-0.15, -0.1) is 0 Å². The summed E-state index contributed by atoms with van der Waals surface area (Å²) in [6.45, 7) is 1.40. The number of benzene rings is 2. The average molecular weight is 302 g/mol. The molecule has 1 aliphatic heterocycles. The number of hydrogen-bond donors (Lipinski definition) is 1. The van der Waals surface area contributed by atoms with Gasteiger partial charge in [-0.3, -0.25) is 4.79 Å². The maximum Gasteiger partial charge on any atom is 0.255 e. The zero-order chi connectivity index (χ0) is 14.8. The Bertz CT molecular complexity index is 657. The van der Waals surface area contributed by atoms with Crippen LogP contribution in [0.5, 0.6) is 5.75 Å². The van der Waals surface area contributed by atoms with Crippen molar-refractivity contribution in [1.82, 2.24) is 4.90 Å². The molecule has 3 nitrogen and oxygen atoms in total. The highest BCUT2D eigenvalue weighted by Crippen LogP contribution is 2.30. The molecule has 0 radical (unpaired) electrons. The van der Waals surface area contributed by atoms with Crippen molar-refractivity contribution in [3.05, 3.63) is 64.7 Å². The first-order chi connectivity index (χ1) is 10.1. The van der Waals surface area contributed by atoms with Gasteiger partial charge in [-0.25, -0.2) is 0 Å². The van der Waals surface area contributed by atoms with E-state index in [4.69, 9.17) is 11.6 Å². The van der Waals surface area contributed by atoms with Crippen molar-refractivity contribution < 1.29 is 9.90 Å². The molecule has 0 spiro atoms. The highest BCUT2D eigenvalue weighted by Gasteiger charge is 2.28. The summed E-state index contributed by atoms with van der Waals surface area (Å²) in [4.78, 5) is 14.3. The van der Waals surface area contributed by atoms with Gasteiger partial charge in [0.05, 0.1) is 10.6 Å². The average Bonchev–Trinajstić information content (AvgIpc) is 3.00. The normalized spacial score (nSPS) is 18.0. The number of halogens is 1. The summed E-state index contributed by atoms with van der Waals surface area (Å²) >= 11 is 6.06. The summed E-state index contributed by atoms with van der Waals surface area (Å²) in [5, 5.41) is 9.91. The van der Waals surface area contributed by atoms with E-state index in [0.29, 0.717) is 29.6 Å². The summed E-state index contributed by atoms with van der Waals surface area (Å²) in [7, 11) is 0. The SMILES string of the molecule is O=C(c1cc(O)ccc1Cl)N1CCC(c2ccccc2)C1. The Morgan fingerprint density at radius 3 is 2.71 bits per heavy atom. The molecule has 1 N–H and O–H groups in total. The molecule has 108 valence electrons. The van der Waals surface area contributed by atoms with Crippen molar-refractivity contribution in [1.29, 1.82) is 0 Å². The van der Waals surface area contributed by atoms with Crippen molar-refractivity contribution in [2.45, 2.75) is 12.3 Å². The molecule has 2 aromatic rings. The lowest BCUT2D eigenvalue weighted by Gasteiger charge is -2.17. The second-order valence-electron chi connectivity index (χ2n) is 5.31. The topological polar surface area (TPSA) is 40.5 Å². The Balaban J connectivity index is 1.77. The van der Waals surface area contributed by atoms with Crippen LogP contribution >= 0.6 is 11.6 Å². The molecule has 1 saturated heterocycles. The van der Waals surface area contributed by atoms with Gasteiger partial charge in [-0.05, 0) is 30.2 Å². The Morgan fingerprint density at radius 2 is 1.95 bits per heavy atom. The van der Waals surface area contributed by atoms with E-state index in [1.54, 1.807) is 11.0 Å². The van der Waals surface area contributed by atoms with E-state index in [0.717, 1.165) is 6.42 Å². The number of rotatable bonds is 2. The number of phenolic OH excluding ortho intramolecular Hbond substituents is 1. The third kappa shape index (κ3) is 2.88. The minimum Gasteiger partial charge on any atom is -0.508 e. The second-order valence-corrected chi connectivity index (χ2v) is 5.72. The lowest BCUT2D eigenvalue weighted by atomic mass is 9.99. The molecule has 1 heterocycles. The lowest BCUT2D eigenvalue weighted by molar-refractivity contribution is 0.0790. The van der Waals surface area contributed by atoms with E-state index < -0.39 is 0 Å². The van der Waals surface area contributed by atoms with Crippen LogP contribution in [-0.4, -0.2) is 29.0 Å². The van der Waals surface area contributed by atoms with Crippen LogP contribution in [0.4, 0.5) is 0 Å². The predicted molar refractivity (Wildman–Crippen MR) is 82.8 cm³/mol. The fraction of sp³-hybridized carbons (Fsp3) is 0.235. The molecule has 1 fully saturated rings. The number of nitrogens with zero attached hydrogens (tertiary/aromatic N) is 1. The van der Waals surface area contributed by atoms with E-state index in [1.165, 1.54) is 17.7 Å². The van der Waals surface area contributed by atoms with Gasteiger partial charge in [0.25, 0.3) is 5.91 Å². The number of phenols is 1. The monoisotopic (exact) mass is 301 g/mol. The molecule has 4 heteroatoms. The summed E-state index contributed by atoms with van der Waals surface area (Å²) in [5.41, 5.74) is 1.63. The van der Waals surface area contributed by atoms with Crippen LogP contribution in [0.15, 0.2) is 48.5 Å². The molecule has 2 aromatic carbocycles. The van der Waals surface area contributed by atoms with Crippen molar-refractivity contribution in [3.8, 4) is 5.75 Å². The third-order valence-corrected chi connectivity index (χ3v) is 4.26. The van der Waals surface area contributed by atoms with E-state index in [1.807, 2.05) is 18.2 Å². The maximum absolute atomic E-state index is 12.5. The minimum absolute atomic E-state index is 0.0570. The highest BCUT2D eigenvalue weighted by molar-refractivity contribution is 6.33. The lowest BCUT2D eigenvalue weighted by Crippen LogP contribution is -2.28. The van der Waals surface area contributed by atoms with Crippen LogP contribution in [-0.2, 0) is 0 Å². The highest BCUT2D eigenvalue weighted by atomic mass is 35.5. The molecule has 1 aliphatic rings. The van der Waals surface area contributed by atoms with Gasteiger partial charge >= 0.3 is 0 Å². The molecular formula is C17H16ClNO2. The Kier molecular flexibility index (Phi) is 3.84. The molecule has 1 atom stereocenters. The standard InChI is InChI=1S/C17H16ClNO2/c18-16-7-6-14(20)10-15(16)17(21)19-9-8-13(11-19)12-4-2-1-3-5-12/h1-7,10,13,20H,8-9,11H2. The van der Waals surface area contributed by atoms with Crippen LogP contribution in [0, 0.1) is 0 Å². The first-order valence-corrected chi connectivity index (χ1v) is 7.35. The molecule has 0 aromatic heterocycles. The number of amides is 1. The quantitative estimate of drug-likeness (QED) is 0.919. The summed E-state index contributed by atoms with van der Waals surface area (Å²) in [5.74, 6) is 0.308. The van der Waals surface area contributed by atoms with Gasteiger partial charge in [0.2, 0.25) is 0 Å². The van der Waals surface area contributed by atoms with Crippen molar-refractivity contribution in [2.75, 3.05) is 13.1 Å². The molecule has 1 amide bonds. The molecular weight excluding hydrogens is 286 g/mol. The fourth-order valence-electron chi connectivity index (χ4n) is 2.79. The van der Waals surface area contributed by atoms with E-state index >= 15 is 0 Å². The summed E-state index contributed by atoms with van der Waals surface area (Å²) in [6, 6.07) is 14.7. The Hall–Kier alpha value is -2.00. The number of carbonyl (C=O) groups is 1. The maximum atomic E-state index is 12.5. The van der Waals surface area contributed by atoms with Gasteiger partial charge in [0.15, 0.2) is 0 Å². The molecule has 0 saturated carbocycles. The third-order valence-electron chi connectivity index (χ3n) is 3.93. The number of likely N-dealkylation sites (tertiary alicyclic amines) is 1.